The Morgan fingerprint density at radius 3 is 2.09 bits per heavy atom. The number of benzene rings is 1. The van der Waals surface area contributed by atoms with Crippen molar-refractivity contribution in [1.29, 1.82) is 0 Å². The number of primary amides is 1. The molecule has 12 nitrogen and oxygen atoms in total. The highest BCUT2D eigenvalue weighted by atomic mass is 16.3. The minimum atomic E-state index is -1.39. The summed E-state index contributed by atoms with van der Waals surface area (Å²) in [4.78, 5) is 62.0. The zero-order chi connectivity index (χ0) is 26.0. The van der Waals surface area contributed by atoms with E-state index in [9.17, 15) is 34.2 Å². The van der Waals surface area contributed by atoms with E-state index in [1.165, 1.54) is 26.1 Å². The van der Waals surface area contributed by atoms with Crippen LogP contribution < -0.4 is 21.7 Å². The fourth-order valence-corrected chi connectivity index (χ4v) is 3.33. The van der Waals surface area contributed by atoms with Gasteiger partial charge in [-0.05, 0) is 23.6 Å². The zero-order valence-corrected chi connectivity index (χ0v) is 19.7. The first-order valence-electron chi connectivity index (χ1n) is 10.7. The van der Waals surface area contributed by atoms with E-state index in [0.29, 0.717) is 5.56 Å². The van der Waals surface area contributed by atoms with Crippen LogP contribution in [0.15, 0.2) is 24.3 Å². The molecule has 7 N–H and O–H groups in total. The van der Waals surface area contributed by atoms with Crippen LogP contribution in [0.1, 0.15) is 26.3 Å². The summed E-state index contributed by atoms with van der Waals surface area (Å²) < 4.78 is 0. The molecule has 34 heavy (non-hydrogen) atoms. The molecule has 0 spiro atoms. The van der Waals surface area contributed by atoms with Crippen LogP contribution >= 0.6 is 0 Å². The van der Waals surface area contributed by atoms with E-state index in [1.807, 2.05) is 0 Å². The molecule has 5 amide bonds. The van der Waals surface area contributed by atoms with E-state index in [1.54, 1.807) is 26.0 Å². The number of hydrogen-bond donors (Lipinski definition) is 6. The summed E-state index contributed by atoms with van der Waals surface area (Å²) in [5.74, 6) is -3.60. The van der Waals surface area contributed by atoms with Gasteiger partial charge in [0.05, 0.1) is 13.2 Å². The third-order valence-corrected chi connectivity index (χ3v) is 5.01. The molecular weight excluding hydrogens is 446 g/mol. The normalized spacial score (nSPS) is 13.4. The number of carbonyl (C=O) groups is 5. The molecule has 0 heterocycles. The fraction of sp³-hybridized carbons (Fsp3) is 0.500. The summed E-state index contributed by atoms with van der Waals surface area (Å²) >= 11 is 0. The third-order valence-electron chi connectivity index (χ3n) is 5.01. The van der Waals surface area contributed by atoms with E-state index in [-0.39, 0.29) is 18.1 Å². The minimum Gasteiger partial charge on any atom is -0.508 e. The predicted octanol–water partition coefficient (Wildman–Crippen LogP) is -2.00. The number of amides is 5. The van der Waals surface area contributed by atoms with Crippen LogP contribution in [0.25, 0.3) is 0 Å². The fourth-order valence-electron chi connectivity index (χ4n) is 3.33. The monoisotopic (exact) mass is 479 g/mol. The molecule has 0 saturated carbocycles. The third kappa shape index (κ3) is 8.70. The molecule has 0 radical (unpaired) electrons. The van der Waals surface area contributed by atoms with Gasteiger partial charge in [-0.1, -0.05) is 26.0 Å². The van der Waals surface area contributed by atoms with Gasteiger partial charge in [0, 0.05) is 20.4 Å². The topological polar surface area (TPSA) is 191 Å². The molecule has 12 heteroatoms. The molecule has 0 saturated heterocycles. The number of aliphatic hydroxyl groups is 1. The van der Waals surface area contributed by atoms with Crippen molar-refractivity contribution in [3.05, 3.63) is 29.8 Å². The van der Waals surface area contributed by atoms with Crippen molar-refractivity contribution >= 4 is 29.5 Å². The average Bonchev–Trinajstić information content (AvgIpc) is 2.75. The maximum absolute atomic E-state index is 13.3. The molecule has 0 aliphatic heterocycles. The van der Waals surface area contributed by atoms with Crippen LogP contribution in [0.5, 0.6) is 5.75 Å². The summed E-state index contributed by atoms with van der Waals surface area (Å²) in [5.41, 5.74) is 6.06. The molecule has 0 bridgehead atoms. The number of hydrogen-bond acceptors (Lipinski definition) is 7. The number of rotatable bonds is 12. The first-order valence-corrected chi connectivity index (χ1v) is 10.7. The number of nitrogens with one attached hydrogen (secondary N) is 3. The van der Waals surface area contributed by atoms with E-state index >= 15 is 0 Å². The van der Waals surface area contributed by atoms with Gasteiger partial charge in [-0.3, -0.25) is 24.0 Å². The predicted molar refractivity (Wildman–Crippen MR) is 122 cm³/mol. The van der Waals surface area contributed by atoms with Crippen molar-refractivity contribution in [3.63, 3.8) is 0 Å². The Labute approximate surface area is 197 Å². The minimum absolute atomic E-state index is 0.00322. The Morgan fingerprint density at radius 1 is 1.03 bits per heavy atom. The smallest absolute Gasteiger partial charge is 0.245 e. The van der Waals surface area contributed by atoms with Crippen molar-refractivity contribution in [1.82, 2.24) is 20.9 Å². The van der Waals surface area contributed by atoms with Gasteiger partial charge >= 0.3 is 0 Å². The second kappa shape index (κ2) is 13.1. The standard InChI is InChI=1S/C22H33N5O7/c1-12(2)19(20(23)32)27(4)22(34)16(9-14-5-7-15(30)8-6-14)26-21(33)17(11-28)25-18(31)10-24-13(3)29/h5-8,12,16-17,19,28,30H,9-11H2,1-4H3,(H2,23,32)(H,24,29)(H,25,31)(H,26,33)/t16-,17-,19-/m0/s1. The van der Waals surface area contributed by atoms with E-state index in [0.717, 1.165) is 4.90 Å². The summed E-state index contributed by atoms with van der Waals surface area (Å²) in [5, 5.41) is 26.2. The van der Waals surface area contributed by atoms with Crippen molar-refractivity contribution in [2.75, 3.05) is 20.2 Å². The number of phenols is 1. The van der Waals surface area contributed by atoms with Gasteiger partial charge < -0.3 is 36.8 Å². The Bertz CT molecular complexity index is 888. The van der Waals surface area contributed by atoms with Crippen LogP contribution in [-0.2, 0) is 30.4 Å². The van der Waals surface area contributed by atoms with Gasteiger partial charge in [-0.15, -0.1) is 0 Å². The first kappa shape index (κ1) is 28.4. The van der Waals surface area contributed by atoms with Gasteiger partial charge in [0.1, 0.15) is 23.9 Å². The highest BCUT2D eigenvalue weighted by molar-refractivity contribution is 5.94. The van der Waals surface area contributed by atoms with E-state index in [4.69, 9.17) is 5.73 Å². The summed E-state index contributed by atoms with van der Waals surface area (Å²) in [6.07, 6.45) is -0.00322. The number of aromatic hydroxyl groups is 1. The van der Waals surface area contributed by atoms with Crippen LogP contribution in [0.4, 0.5) is 0 Å². The van der Waals surface area contributed by atoms with Crippen molar-refractivity contribution in [3.8, 4) is 5.75 Å². The van der Waals surface area contributed by atoms with Crippen LogP contribution in [0, 0.1) is 5.92 Å². The lowest BCUT2D eigenvalue weighted by atomic mass is 9.99. The van der Waals surface area contributed by atoms with Gasteiger partial charge in [0.25, 0.3) is 0 Å². The molecule has 0 unspecified atom stereocenters. The zero-order valence-electron chi connectivity index (χ0n) is 19.7. The first-order chi connectivity index (χ1) is 15.9. The van der Waals surface area contributed by atoms with Crippen LogP contribution in [0.3, 0.4) is 0 Å². The number of nitrogens with two attached hydrogens (primary N) is 1. The van der Waals surface area contributed by atoms with Crippen molar-refractivity contribution < 1.29 is 34.2 Å². The highest BCUT2D eigenvalue weighted by Gasteiger charge is 2.34. The second-order valence-corrected chi connectivity index (χ2v) is 8.18. The number of likely N-dealkylation sites (N-methyl/N-ethyl adjacent to an activating group) is 1. The van der Waals surface area contributed by atoms with E-state index < -0.39 is 60.8 Å². The van der Waals surface area contributed by atoms with Gasteiger partial charge in [-0.25, -0.2) is 0 Å². The lowest BCUT2D eigenvalue weighted by Gasteiger charge is -2.32. The molecule has 0 aliphatic carbocycles. The number of aliphatic hydroxyl groups excluding tert-OH is 1. The largest absolute Gasteiger partial charge is 0.508 e. The molecule has 0 aliphatic rings. The molecule has 188 valence electrons. The molecule has 3 atom stereocenters. The van der Waals surface area contributed by atoms with Gasteiger partial charge in [0.15, 0.2) is 0 Å². The summed E-state index contributed by atoms with van der Waals surface area (Å²) in [6.45, 7) is 3.50. The Balaban J connectivity index is 3.11. The lowest BCUT2D eigenvalue weighted by molar-refractivity contribution is -0.142. The maximum atomic E-state index is 13.3. The second-order valence-electron chi connectivity index (χ2n) is 8.18. The van der Waals surface area contributed by atoms with Gasteiger partial charge in [-0.2, -0.15) is 0 Å². The molecule has 1 rings (SSSR count). The summed E-state index contributed by atoms with van der Waals surface area (Å²) in [7, 11) is 1.40. The molecule has 1 aromatic rings. The maximum Gasteiger partial charge on any atom is 0.245 e. The Morgan fingerprint density at radius 2 is 1.62 bits per heavy atom. The van der Waals surface area contributed by atoms with Crippen LogP contribution in [0.2, 0.25) is 0 Å². The van der Waals surface area contributed by atoms with Crippen LogP contribution in [-0.4, -0.2) is 83.0 Å². The quantitative estimate of drug-likeness (QED) is 0.200. The van der Waals surface area contributed by atoms with Gasteiger partial charge in [0.2, 0.25) is 29.5 Å². The molecule has 0 aromatic heterocycles. The molecular formula is C22H33N5O7. The average molecular weight is 480 g/mol. The van der Waals surface area contributed by atoms with E-state index in [2.05, 4.69) is 16.0 Å². The Kier molecular flexibility index (Phi) is 11.0. The molecule has 1 aromatic carbocycles. The number of phenolic OH excluding ortho intramolecular Hbond substituents is 1. The SMILES string of the molecule is CC(=O)NCC(=O)N[C@@H](CO)C(=O)N[C@@H](Cc1ccc(O)cc1)C(=O)N(C)[C@H](C(N)=O)C(C)C. The number of nitrogens with zero attached hydrogens (tertiary/aromatic N) is 1. The number of carbonyl (C=O) groups excluding carboxylic acids is 5. The van der Waals surface area contributed by atoms with Crippen molar-refractivity contribution in [2.45, 2.75) is 45.3 Å². The summed E-state index contributed by atoms with van der Waals surface area (Å²) in [6, 6.07) is 2.46. The van der Waals surface area contributed by atoms with Crippen molar-refractivity contribution in [2.24, 2.45) is 11.7 Å². The molecule has 0 fully saturated rings. The Hall–Kier alpha value is -3.67. The highest BCUT2D eigenvalue weighted by Crippen LogP contribution is 2.15. The lowest BCUT2D eigenvalue weighted by Crippen LogP contribution is -2.59.